The van der Waals surface area contributed by atoms with Crippen LogP contribution in [0.2, 0.25) is 0 Å². The number of benzene rings is 1. The van der Waals surface area contributed by atoms with Gasteiger partial charge in [0.2, 0.25) is 0 Å². The predicted molar refractivity (Wildman–Crippen MR) is 71.9 cm³/mol. The van der Waals surface area contributed by atoms with Crippen LogP contribution in [0.3, 0.4) is 0 Å². The molecule has 0 aliphatic heterocycles. The van der Waals surface area contributed by atoms with Crippen molar-refractivity contribution in [1.82, 2.24) is 4.57 Å². The molecule has 0 fully saturated rings. The molecule has 0 radical (unpaired) electrons. The first kappa shape index (κ1) is 12.2. The first-order valence-corrected chi connectivity index (χ1v) is 6.40. The van der Waals surface area contributed by atoms with Crippen LogP contribution < -0.4 is 0 Å². The lowest BCUT2D eigenvalue weighted by Crippen LogP contribution is -1.98. The first-order chi connectivity index (χ1) is 8.22. The van der Waals surface area contributed by atoms with E-state index in [4.69, 9.17) is 0 Å². The Hall–Kier alpha value is -1.28. The molecule has 1 heterocycles. The SMILES string of the molecule is CC(C)CCCn1cc(CO)c2ccccc21. The molecule has 1 aromatic carbocycles. The third-order valence-corrected chi connectivity index (χ3v) is 3.22. The smallest absolute Gasteiger partial charge is 0.0702 e. The molecule has 0 amide bonds. The summed E-state index contributed by atoms with van der Waals surface area (Å²) < 4.78 is 2.27. The Morgan fingerprint density at radius 1 is 1.24 bits per heavy atom. The van der Waals surface area contributed by atoms with E-state index in [1.807, 2.05) is 6.07 Å². The van der Waals surface area contributed by atoms with Crippen LogP contribution in [-0.2, 0) is 13.2 Å². The van der Waals surface area contributed by atoms with Crippen molar-refractivity contribution in [3.05, 3.63) is 36.0 Å². The fraction of sp³-hybridized carbons (Fsp3) is 0.467. The van der Waals surface area contributed by atoms with E-state index in [9.17, 15) is 5.11 Å². The third-order valence-electron chi connectivity index (χ3n) is 3.22. The number of fused-ring (bicyclic) bond motifs is 1. The molecule has 0 aliphatic rings. The molecule has 2 aromatic rings. The summed E-state index contributed by atoms with van der Waals surface area (Å²) in [6, 6.07) is 8.30. The zero-order valence-corrected chi connectivity index (χ0v) is 10.7. The maximum atomic E-state index is 9.35. The molecule has 0 saturated carbocycles. The molecular weight excluding hydrogens is 210 g/mol. The molecule has 17 heavy (non-hydrogen) atoms. The van der Waals surface area contributed by atoms with Crippen molar-refractivity contribution < 1.29 is 5.11 Å². The fourth-order valence-electron chi connectivity index (χ4n) is 2.30. The highest BCUT2D eigenvalue weighted by atomic mass is 16.3. The Balaban J connectivity index is 2.22. The number of hydrogen-bond donors (Lipinski definition) is 1. The maximum absolute atomic E-state index is 9.35. The molecule has 2 heteroatoms. The van der Waals surface area contributed by atoms with Gasteiger partial charge in [-0.05, 0) is 24.8 Å². The second-order valence-electron chi connectivity index (χ2n) is 5.06. The van der Waals surface area contributed by atoms with Gasteiger partial charge in [-0.25, -0.2) is 0 Å². The number of aliphatic hydroxyl groups excluding tert-OH is 1. The molecule has 1 N–H and O–H groups in total. The van der Waals surface area contributed by atoms with Crippen LogP contribution >= 0.6 is 0 Å². The maximum Gasteiger partial charge on any atom is 0.0702 e. The van der Waals surface area contributed by atoms with E-state index in [0.717, 1.165) is 18.0 Å². The molecule has 2 rings (SSSR count). The number of aryl methyl sites for hydroxylation is 1. The Morgan fingerprint density at radius 2 is 2.00 bits per heavy atom. The van der Waals surface area contributed by atoms with Gasteiger partial charge in [0, 0.05) is 29.2 Å². The van der Waals surface area contributed by atoms with Gasteiger partial charge in [-0.2, -0.15) is 0 Å². The van der Waals surface area contributed by atoms with Crippen LogP contribution in [0.1, 0.15) is 32.3 Å². The number of rotatable bonds is 5. The Kier molecular flexibility index (Phi) is 3.85. The Morgan fingerprint density at radius 3 is 2.71 bits per heavy atom. The second-order valence-corrected chi connectivity index (χ2v) is 5.06. The second kappa shape index (κ2) is 5.37. The zero-order chi connectivity index (χ0) is 12.3. The summed E-state index contributed by atoms with van der Waals surface area (Å²) in [6.07, 6.45) is 4.53. The van der Waals surface area contributed by atoms with Crippen molar-refractivity contribution >= 4 is 10.9 Å². The zero-order valence-electron chi connectivity index (χ0n) is 10.7. The summed E-state index contributed by atoms with van der Waals surface area (Å²) in [7, 11) is 0. The lowest BCUT2D eigenvalue weighted by molar-refractivity contribution is 0.283. The summed E-state index contributed by atoms with van der Waals surface area (Å²) in [5.41, 5.74) is 2.27. The van der Waals surface area contributed by atoms with E-state index in [-0.39, 0.29) is 6.61 Å². The van der Waals surface area contributed by atoms with Crippen LogP contribution in [-0.4, -0.2) is 9.67 Å². The van der Waals surface area contributed by atoms with E-state index in [0.29, 0.717) is 0 Å². The predicted octanol–water partition coefficient (Wildman–Crippen LogP) is 3.57. The van der Waals surface area contributed by atoms with Crippen LogP contribution in [0.15, 0.2) is 30.5 Å². The summed E-state index contributed by atoms with van der Waals surface area (Å²) in [4.78, 5) is 0. The third kappa shape index (κ3) is 2.70. The largest absolute Gasteiger partial charge is 0.392 e. The minimum atomic E-state index is 0.123. The number of aliphatic hydroxyl groups is 1. The van der Waals surface area contributed by atoms with Gasteiger partial charge >= 0.3 is 0 Å². The highest BCUT2D eigenvalue weighted by molar-refractivity contribution is 5.83. The fourth-order valence-corrected chi connectivity index (χ4v) is 2.30. The van der Waals surface area contributed by atoms with E-state index in [1.54, 1.807) is 0 Å². The van der Waals surface area contributed by atoms with Gasteiger partial charge < -0.3 is 9.67 Å². The van der Waals surface area contributed by atoms with Crippen molar-refractivity contribution in [3.8, 4) is 0 Å². The van der Waals surface area contributed by atoms with Crippen LogP contribution in [0.4, 0.5) is 0 Å². The minimum absolute atomic E-state index is 0.123. The standard InChI is InChI=1S/C15H21NO/c1-12(2)6-5-9-16-10-13(11-17)14-7-3-4-8-15(14)16/h3-4,7-8,10,12,17H,5-6,9,11H2,1-2H3. The quantitative estimate of drug-likeness (QED) is 0.836. The van der Waals surface area contributed by atoms with E-state index < -0.39 is 0 Å². The van der Waals surface area contributed by atoms with Gasteiger partial charge in [-0.1, -0.05) is 32.0 Å². The number of hydrogen-bond acceptors (Lipinski definition) is 1. The molecule has 0 aliphatic carbocycles. The first-order valence-electron chi connectivity index (χ1n) is 6.40. The molecular formula is C15H21NO. The molecule has 2 nitrogen and oxygen atoms in total. The van der Waals surface area contributed by atoms with Gasteiger partial charge in [-0.15, -0.1) is 0 Å². The highest BCUT2D eigenvalue weighted by Gasteiger charge is 2.06. The molecule has 0 atom stereocenters. The van der Waals surface area contributed by atoms with Crippen molar-refractivity contribution in [2.24, 2.45) is 5.92 Å². The Bertz CT molecular complexity index is 485. The summed E-state index contributed by atoms with van der Waals surface area (Å²) in [5.74, 6) is 0.758. The van der Waals surface area contributed by atoms with Gasteiger partial charge in [0.05, 0.1) is 6.61 Å². The van der Waals surface area contributed by atoms with Gasteiger partial charge in [0.25, 0.3) is 0 Å². The Labute approximate surface area is 103 Å². The number of aromatic nitrogens is 1. The van der Waals surface area contributed by atoms with E-state index >= 15 is 0 Å². The molecule has 0 spiro atoms. The molecule has 0 bridgehead atoms. The van der Waals surface area contributed by atoms with Gasteiger partial charge in [0.1, 0.15) is 0 Å². The van der Waals surface area contributed by atoms with Crippen molar-refractivity contribution in [3.63, 3.8) is 0 Å². The van der Waals surface area contributed by atoms with E-state index in [2.05, 4.69) is 42.8 Å². The lowest BCUT2D eigenvalue weighted by Gasteiger charge is -2.07. The molecule has 0 unspecified atom stereocenters. The summed E-state index contributed by atoms with van der Waals surface area (Å²) >= 11 is 0. The topological polar surface area (TPSA) is 25.2 Å². The summed E-state index contributed by atoms with van der Waals surface area (Å²) in [5, 5.41) is 10.5. The average Bonchev–Trinajstić information content (AvgIpc) is 2.68. The molecule has 92 valence electrons. The van der Waals surface area contributed by atoms with E-state index in [1.165, 1.54) is 23.7 Å². The number of para-hydroxylation sites is 1. The van der Waals surface area contributed by atoms with Crippen LogP contribution in [0, 0.1) is 5.92 Å². The lowest BCUT2D eigenvalue weighted by atomic mass is 10.1. The van der Waals surface area contributed by atoms with Crippen molar-refractivity contribution in [1.29, 1.82) is 0 Å². The monoisotopic (exact) mass is 231 g/mol. The molecule has 0 saturated heterocycles. The summed E-state index contributed by atoms with van der Waals surface area (Å²) in [6.45, 7) is 5.68. The van der Waals surface area contributed by atoms with Crippen LogP contribution in [0.5, 0.6) is 0 Å². The number of nitrogens with zero attached hydrogens (tertiary/aromatic N) is 1. The van der Waals surface area contributed by atoms with Crippen LogP contribution in [0.25, 0.3) is 10.9 Å². The van der Waals surface area contributed by atoms with Gasteiger partial charge in [-0.3, -0.25) is 0 Å². The average molecular weight is 231 g/mol. The van der Waals surface area contributed by atoms with Gasteiger partial charge in [0.15, 0.2) is 0 Å². The normalized spacial score (nSPS) is 11.5. The highest BCUT2D eigenvalue weighted by Crippen LogP contribution is 2.22. The minimum Gasteiger partial charge on any atom is -0.392 e. The van der Waals surface area contributed by atoms with Crippen molar-refractivity contribution in [2.75, 3.05) is 0 Å². The molecule has 1 aromatic heterocycles. The van der Waals surface area contributed by atoms with Crippen molar-refractivity contribution in [2.45, 2.75) is 39.8 Å².